The Morgan fingerprint density at radius 2 is 2.00 bits per heavy atom. The lowest BCUT2D eigenvalue weighted by atomic mass is 10.1. The van der Waals surface area contributed by atoms with E-state index in [1.54, 1.807) is 19.3 Å². The maximum absolute atomic E-state index is 11.2. The monoisotopic (exact) mass is 257 g/mol. The smallest absolute Gasteiger partial charge is 0.150 e. The van der Waals surface area contributed by atoms with Crippen molar-refractivity contribution >= 4 is 9.84 Å². The van der Waals surface area contributed by atoms with E-state index in [0.717, 1.165) is 5.56 Å². The predicted molar refractivity (Wildman–Crippen MR) is 67.5 cm³/mol. The van der Waals surface area contributed by atoms with E-state index >= 15 is 0 Å². The minimum absolute atomic E-state index is 0.164. The van der Waals surface area contributed by atoms with E-state index in [9.17, 15) is 13.5 Å². The molecule has 1 N–H and O–H groups in total. The Hall–Kier alpha value is -0.940. The fraction of sp³-hybridized carbons (Fsp3) is 0.583. The lowest BCUT2D eigenvalue weighted by Crippen LogP contribution is -2.14. The number of aromatic nitrogens is 1. The van der Waals surface area contributed by atoms with Crippen LogP contribution in [0.5, 0.6) is 0 Å². The van der Waals surface area contributed by atoms with Gasteiger partial charge in [0, 0.05) is 18.1 Å². The molecule has 1 aromatic rings. The Labute approximate surface area is 103 Å². The van der Waals surface area contributed by atoms with E-state index in [0.29, 0.717) is 19.3 Å². The minimum atomic E-state index is -2.91. The lowest BCUT2D eigenvalue weighted by molar-refractivity contribution is 0.164. The summed E-state index contributed by atoms with van der Waals surface area (Å²) in [6, 6.07) is 3.71. The van der Waals surface area contributed by atoms with E-state index in [1.165, 1.54) is 0 Å². The summed E-state index contributed by atoms with van der Waals surface area (Å²) in [5, 5.41) is 9.76. The van der Waals surface area contributed by atoms with E-state index in [4.69, 9.17) is 0 Å². The van der Waals surface area contributed by atoms with Gasteiger partial charge in [-0.15, -0.1) is 0 Å². The number of hydrogen-bond acceptors (Lipinski definition) is 4. The summed E-state index contributed by atoms with van der Waals surface area (Å²) < 4.78 is 22.5. The van der Waals surface area contributed by atoms with Gasteiger partial charge in [0.2, 0.25) is 0 Å². The van der Waals surface area contributed by atoms with Crippen molar-refractivity contribution in [1.29, 1.82) is 0 Å². The van der Waals surface area contributed by atoms with Crippen molar-refractivity contribution in [3.05, 3.63) is 30.1 Å². The van der Waals surface area contributed by atoms with E-state index < -0.39 is 15.9 Å². The molecule has 0 fully saturated rings. The maximum atomic E-state index is 11.2. The first-order valence-corrected chi connectivity index (χ1v) is 7.63. The van der Waals surface area contributed by atoms with Crippen molar-refractivity contribution in [2.24, 2.45) is 0 Å². The Morgan fingerprint density at radius 1 is 1.35 bits per heavy atom. The van der Waals surface area contributed by atoms with E-state index in [1.807, 2.05) is 12.1 Å². The number of aliphatic hydroxyl groups is 1. The maximum Gasteiger partial charge on any atom is 0.150 e. The molecule has 17 heavy (non-hydrogen) atoms. The predicted octanol–water partition coefficient (Wildman–Crippen LogP) is 1.20. The summed E-state index contributed by atoms with van der Waals surface area (Å²) in [5.74, 6) is 0.338. The molecule has 0 spiro atoms. The Kier molecular flexibility index (Phi) is 5.58. The molecule has 1 rings (SSSR count). The molecular formula is C12H19NO3S. The third-order valence-electron chi connectivity index (χ3n) is 2.65. The first-order valence-electron chi connectivity index (χ1n) is 5.81. The van der Waals surface area contributed by atoms with Gasteiger partial charge in [-0.1, -0.05) is 6.92 Å². The van der Waals surface area contributed by atoms with Crippen LogP contribution in [0.1, 0.15) is 25.3 Å². The average Bonchev–Trinajstić information content (AvgIpc) is 2.30. The summed E-state index contributed by atoms with van der Waals surface area (Å²) >= 11 is 0. The molecule has 1 atom stereocenters. The highest BCUT2D eigenvalue weighted by Crippen LogP contribution is 2.07. The zero-order valence-corrected chi connectivity index (χ0v) is 10.9. The van der Waals surface area contributed by atoms with Gasteiger partial charge in [0.1, 0.15) is 9.84 Å². The molecule has 1 heterocycles. The molecule has 1 unspecified atom stereocenters. The molecule has 0 radical (unpaired) electrons. The fourth-order valence-electron chi connectivity index (χ4n) is 1.58. The zero-order valence-electron chi connectivity index (χ0n) is 10.0. The second kappa shape index (κ2) is 6.71. The summed E-state index contributed by atoms with van der Waals surface area (Å²) in [5.41, 5.74) is 1.02. The summed E-state index contributed by atoms with van der Waals surface area (Å²) in [6.45, 7) is 1.64. The fourth-order valence-corrected chi connectivity index (χ4v) is 2.47. The van der Waals surface area contributed by atoms with Crippen LogP contribution in [0.15, 0.2) is 24.5 Å². The molecule has 0 amide bonds. The topological polar surface area (TPSA) is 67.3 Å². The second-order valence-corrected chi connectivity index (χ2v) is 6.56. The molecule has 0 aliphatic heterocycles. The highest BCUT2D eigenvalue weighted by molar-refractivity contribution is 7.91. The molecule has 0 aliphatic carbocycles. The van der Waals surface area contributed by atoms with Gasteiger partial charge in [-0.3, -0.25) is 4.98 Å². The van der Waals surface area contributed by atoms with Crippen LogP contribution < -0.4 is 0 Å². The Morgan fingerprint density at radius 3 is 2.59 bits per heavy atom. The van der Waals surface area contributed by atoms with Gasteiger partial charge in [-0.25, -0.2) is 8.42 Å². The molecular weight excluding hydrogens is 238 g/mol. The number of pyridine rings is 1. The highest BCUT2D eigenvalue weighted by atomic mass is 32.2. The van der Waals surface area contributed by atoms with Crippen LogP contribution in [0.2, 0.25) is 0 Å². The summed E-state index contributed by atoms with van der Waals surface area (Å²) in [7, 11) is -2.91. The molecule has 0 aliphatic rings. The van der Waals surface area contributed by atoms with Crippen molar-refractivity contribution in [3.8, 4) is 0 Å². The van der Waals surface area contributed by atoms with Crippen LogP contribution in [0.25, 0.3) is 0 Å². The average molecular weight is 257 g/mol. The lowest BCUT2D eigenvalue weighted by Gasteiger charge is -2.10. The first kappa shape index (κ1) is 14.1. The van der Waals surface area contributed by atoms with Gasteiger partial charge in [-0.2, -0.15) is 0 Å². The summed E-state index contributed by atoms with van der Waals surface area (Å²) in [6.07, 6.45) is 4.47. The SMILES string of the molecule is CCS(=O)(=O)CCCC(O)Cc1ccncc1. The highest BCUT2D eigenvalue weighted by Gasteiger charge is 2.10. The standard InChI is InChI=1S/C12H19NO3S/c1-2-17(15,16)9-3-4-12(14)10-11-5-7-13-8-6-11/h5-8,12,14H,2-4,9-10H2,1H3. The number of rotatable bonds is 7. The van der Waals surface area contributed by atoms with Crippen LogP contribution in [-0.2, 0) is 16.3 Å². The number of sulfone groups is 1. The van der Waals surface area contributed by atoms with Gasteiger partial charge in [-0.05, 0) is 37.0 Å². The quantitative estimate of drug-likeness (QED) is 0.797. The summed E-state index contributed by atoms with van der Waals surface area (Å²) in [4.78, 5) is 3.90. The molecule has 96 valence electrons. The van der Waals surface area contributed by atoms with Gasteiger partial charge in [0.05, 0.1) is 11.9 Å². The Bertz CT molecular complexity index is 417. The van der Waals surface area contributed by atoms with E-state index in [-0.39, 0.29) is 11.5 Å². The van der Waals surface area contributed by atoms with Crippen molar-refractivity contribution in [2.75, 3.05) is 11.5 Å². The van der Waals surface area contributed by atoms with Crippen LogP contribution in [0.3, 0.4) is 0 Å². The molecule has 1 aromatic heterocycles. The molecule has 0 saturated heterocycles. The second-order valence-electron chi connectivity index (χ2n) is 4.09. The number of aliphatic hydroxyl groups excluding tert-OH is 1. The van der Waals surface area contributed by atoms with E-state index in [2.05, 4.69) is 4.98 Å². The zero-order chi connectivity index (χ0) is 12.7. The van der Waals surface area contributed by atoms with Crippen molar-refractivity contribution in [3.63, 3.8) is 0 Å². The van der Waals surface area contributed by atoms with Crippen molar-refractivity contribution in [2.45, 2.75) is 32.3 Å². The van der Waals surface area contributed by atoms with Crippen LogP contribution >= 0.6 is 0 Å². The van der Waals surface area contributed by atoms with Crippen LogP contribution in [-0.4, -0.2) is 36.1 Å². The van der Waals surface area contributed by atoms with Crippen molar-refractivity contribution < 1.29 is 13.5 Å². The number of hydrogen-bond donors (Lipinski definition) is 1. The Balaban J connectivity index is 2.29. The van der Waals surface area contributed by atoms with Crippen molar-refractivity contribution in [1.82, 2.24) is 4.98 Å². The minimum Gasteiger partial charge on any atom is -0.393 e. The molecule has 4 nitrogen and oxygen atoms in total. The van der Waals surface area contributed by atoms with Gasteiger partial charge in [0.25, 0.3) is 0 Å². The number of nitrogens with zero attached hydrogens (tertiary/aromatic N) is 1. The molecule has 0 bridgehead atoms. The third-order valence-corrected chi connectivity index (χ3v) is 4.44. The molecule has 5 heteroatoms. The largest absolute Gasteiger partial charge is 0.393 e. The normalized spacial score (nSPS) is 13.5. The first-order chi connectivity index (χ1) is 8.03. The van der Waals surface area contributed by atoms with Crippen LogP contribution in [0.4, 0.5) is 0 Å². The third kappa shape index (κ3) is 5.79. The molecule has 0 saturated carbocycles. The van der Waals surface area contributed by atoms with Gasteiger partial charge in [0.15, 0.2) is 0 Å². The van der Waals surface area contributed by atoms with Gasteiger partial charge < -0.3 is 5.11 Å². The van der Waals surface area contributed by atoms with Crippen LogP contribution in [0, 0.1) is 0 Å². The van der Waals surface area contributed by atoms with Gasteiger partial charge >= 0.3 is 0 Å². The molecule has 0 aromatic carbocycles.